The average Bonchev–Trinajstić information content (AvgIpc) is 2.30. The molecule has 0 bridgehead atoms. The Balaban J connectivity index is 2.30. The highest BCUT2D eigenvalue weighted by atomic mass is 31.4. The van der Waals surface area contributed by atoms with Gasteiger partial charge in [0.1, 0.15) is 0 Å². The van der Waals surface area contributed by atoms with Gasteiger partial charge in [-0.1, -0.05) is 68.1 Å². The Labute approximate surface area is 89.0 Å². The normalized spacial score (nSPS) is 10.6. The molecule has 0 fully saturated rings. The maximum Gasteiger partial charge on any atom is 0.0439 e. The lowest BCUT2D eigenvalue weighted by atomic mass is 10.4. The second-order valence-corrected chi connectivity index (χ2v) is 8.06. The Morgan fingerprint density at radius 1 is 0.643 bits per heavy atom. The molecule has 0 spiro atoms. The highest BCUT2D eigenvalue weighted by molar-refractivity contribution is 7.94. The summed E-state index contributed by atoms with van der Waals surface area (Å²) in [7, 11) is 1.20. The predicted octanol–water partition coefficient (Wildman–Crippen LogP) is 1.40. The van der Waals surface area contributed by atoms with Crippen molar-refractivity contribution in [2.45, 2.75) is 0 Å². The average molecular weight is 216 g/mol. The van der Waals surface area contributed by atoms with Crippen LogP contribution in [0.1, 0.15) is 0 Å². The molecule has 0 aliphatic rings. The van der Waals surface area contributed by atoms with Gasteiger partial charge >= 0.3 is 0 Å². The maximum atomic E-state index is 2.24. The van der Waals surface area contributed by atoms with Crippen LogP contribution < -0.4 is 10.6 Å². The van der Waals surface area contributed by atoms with Gasteiger partial charge < -0.3 is 0 Å². The van der Waals surface area contributed by atoms with Crippen LogP contribution in [0.3, 0.4) is 0 Å². The molecular formula is C12H13PSi. The van der Waals surface area contributed by atoms with Gasteiger partial charge in [0.2, 0.25) is 0 Å². The zero-order valence-corrected chi connectivity index (χ0v) is 11.1. The third kappa shape index (κ3) is 2.12. The van der Waals surface area contributed by atoms with Crippen molar-refractivity contribution in [3.63, 3.8) is 0 Å². The summed E-state index contributed by atoms with van der Waals surface area (Å²) in [5.41, 5.74) is 0. The third-order valence-electron chi connectivity index (χ3n) is 2.29. The fourth-order valence-electron chi connectivity index (χ4n) is 1.45. The summed E-state index contributed by atoms with van der Waals surface area (Å²) in [6, 6.07) is 21.7. The van der Waals surface area contributed by atoms with Crippen molar-refractivity contribution in [2.75, 3.05) is 0 Å². The van der Waals surface area contributed by atoms with E-state index in [0.29, 0.717) is 0 Å². The molecule has 0 amide bonds. The van der Waals surface area contributed by atoms with Gasteiger partial charge in [-0.3, -0.25) is 0 Å². The molecule has 2 aromatic rings. The summed E-state index contributed by atoms with van der Waals surface area (Å²) in [5, 5.41) is 3.00. The van der Waals surface area contributed by atoms with Crippen molar-refractivity contribution in [3.8, 4) is 0 Å². The van der Waals surface area contributed by atoms with Gasteiger partial charge in [0.15, 0.2) is 0 Å². The molecule has 14 heavy (non-hydrogen) atoms. The van der Waals surface area contributed by atoms with Crippen molar-refractivity contribution in [3.05, 3.63) is 60.7 Å². The fraction of sp³-hybridized carbons (Fsp3) is 0. The van der Waals surface area contributed by atoms with Crippen LogP contribution in [0.2, 0.25) is 0 Å². The van der Waals surface area contributed by atoms with Gasteiger partial charge in [0.25, 0.3) is 0 Å². The van der Waals surface area contributed by atoms with Crippen LogP contribution in [0, 0.1) is 0 Å². The smallest absolute Gasteiger partial charge is 0.0439 e. The Kier molecular flexibility index (Phi) is 3.13. The monoisotopic (exact) mass is 216 g/mol. The van der Waals surface area contributed by atoms with Crippen molar-refractivity contribution >= 4 is 28.0 Å². The first-order valence-corrected chi connectivity index (χ1v) is 9.19. The molecule has 0 nitrogen and oxygen atoms in total. The van der Waals surface area contributed by atoms with Gasteiger partial charge in [-0.15, -0.1) is 0 Å². The molecule has 70 valence electrons. The van der Waals surface area contributed by atoms with Crippen molar-refractivity contribution in [1.82, 2.24) is 0 Å². The lowest BCUT2D eigenvalue weighted by Crippen LogP contribution is -2.10. The van der Waals surface area contributed by atoms with Crippen LogP contribution in [0.4, 0.5) is 0 Å². The summed E-state index contributed by atoms with van der Waals surface area (Å²) < 4.78 is 0. The SMILES string of the molecule is [SiH3]P(c1ccccc1)c1ccccc1. The van der Waals surface area contributed by atoms with E-state index in [2.05, 4.69) is 60.7 Å². The molecule has 0 heterocycles. The first-order chi connectivity index (χ1) is 6.88. The van der Waals surface area contributed by atoms with Crippen LogP contribution in [0.5, 0.6) is 0 Å². The minimum atomic E-state index is -0.0319. The molecule has 0 saturated heterocycles. The summed E-state index contributed by atoms with van der Waals surface area (Å²) in [4.78, 5) is 0. The molecule has 2 aromatic carbocycles. The minimum Gasteiger partial charge on any atom is -0.0692 e. The molecule has 0 aliphatic carbocycles. The zero-order valence-electron chi connectivity index (χ0n) is 8.22. The van der Waals surface area contributed by atoms with Crippen LogP contribution in [-0.2, 0) is 0 Å². The van der Waals surface area contributed by atoms with E-state index in [4.69, 9.17) is 0 Å². The molecule has 0 aromatic heterocycles. The van der Waals surface area contributed by atoms with Crippen molar-refractivity contribution in [1.29, 1.82) is 0 Å². The van der Waals surface area contributed by atoms with E-state index in [-0.39, 0.29) is 7.47 Å². The zero-order chi connectivity index (χ0) is 9.80. The minimum absolute atomic E-state index is 0.0319. The Hall–Kier alpha value is -0.913. The topological polar surface area (TPSA) is 0 Å². The first kappa shape index (κ1) is 9.63. The van der Waals surface area contributed by atoms with E-state index in [1.165, 1.54) is 20.5 Å². The van der Waals surface area contributed by atoms with Gasteiger partial charge in [0.05, 0.1) is 0 Å². The number of hydrogen-bond donors (Lipinski definition) is 0. The molecule has 0 radical (unpaired) electrons. The molecule has 0 aliphatic heterocycles. The van der Waals surface area contributed by atoms with Gasteiger partial charge in [0, 0.05) is 9.91 Å². The van der Waals surface area contributed by atoms with Crippen molar-refractivity contribution in [2.24, 2.45) is 0 Å². The van der Waals surface area contributed by atoms with E-state index >= 15 is 0 Å². The summed E-state index contributed by atoms with van der Waals surface area (Å²) in [6.45, 7) is 0. The number of hydrogen-bond acceptors (Lipinski definition) is 0. The van der Waals surface area contributed by atoms with Gasteiger partial charge in [-0.2, -0.15) is 0 Å². The predicted molar refractivity (Wildman–Crippen MR) is 69.0 cm³/mol. The molecule has 0 saturated carbocycles. The fourth-order valence-corrected chi connectivity index (χ4v) is 4.78. The standard InChI is InChI=1S/C12H13PSi/c14-13(11-7-3-1-4-8-11)12-9-5-2-6-10-12/h1-10H,14H3. The summed E-state index contributed by atoms with van der Waals surface area (Å²) in [6.07, 6.45) is 0. The third-order valence-corrected chi connectivity index (χ3v) is 7.53. The highest BCUT2D eigenvalue weighted by Gasteiger charge is 2.04. The van der Waals surface area contributed by atoms with Crippen LogP contribution in [0.15, 0.2) is 60.7 Å². The van der Waals surface area contributed by atoms with Crippen LogP contribution in [-0.4, -0.2) is 9.91 Å². The second kappa shape index (κ2) is 4.54. The van der Waals surface area contributed by atoms with Gasteiger partial charge in [-0.25, -0.2) is 0 Å². The maximum absolute atomic E-state index is 2.24. The van der Waals surface area contributed by atoms with Gasteiger partial charge in [-0.05, 0) is 10.6 Å². The van der Waals surface area contributed by atoms with Crippen molar-refractivity contribution < 1.29 is 0 Å². The largest absolute Gasteiger partial charge is 0.0692 e. The Bertz CT molecular complexity index is 346. The van der Waals surface area contributed by atoms with E-state index in [1.54, 1.807) is 0 Å². The lowest BCUT2D eigenvalue weighted by Gasteiger charge is -2.12. The summed E-state index contributed by atoms with van der Waals surface area (Å²) >= 11 is 0. The number of rotatable bonds is 2. The summed E-state index contributed by atoms with van der Waals surface area (Å²) in [5.74, 6) is 0. The van der Waals surface area contributed by atoms with E-state index in [0.717, 1.165) is 0 Å². The molecule has 0 unspecified atom stereocenters. The second-order valence-electron chi connectivity index (χ2n) is 3.23. The highest BCUT2D eigenvalue weighted by Crippen LogP contribution is 2.26. The van der Waals surface area contributed by atoms with E-state index in [9.17, 15) is 0 Å². The Morgan fingerprint density at radius 3 is 1.36 bits per heavy atom. The van der Waals surface area contributed by atoms with Crippen LogP contribution >= 0.6 is 7.47 Å². The quantitative estimate of drug-likeness (QED) is 0.526. The van der Waals surface area contributed by atoms with E-state index in [1.807, 2.05) is 0 Å². The van der Waals surface area contributed by atoms with Crippen LogP contribution in [0.25, 0.3) is 0 Å². The molecule has 0 N–H and O–H groups in total. The lowest BCUT2D eigenvalue weighted by molar-refractivity contribution is 1.76. The Morgan fingerprint density at radius 2 is 1.00 bits per heavy atom. The van der Waals surface area contributed by atoms with E-state index < -0.39 is 0 Å². The molecule has 2 rings (SSSR count). The molecule has 2 heteroatoms. The molecular weight excluding hydrogens is 203 g/mol. The number of benzene rings is 2. The molecule has 0 atom stereocenters. The first-order valence-electron chi connectivity index (χ1n) is 4.72.